The molecule has 166 valence electrons. The van der Waals surface area contributed by atoms with Gasteiger partial charge in [-0.1, -0.05) is 0 Å². The van der Waals surface area contributed by atoms with Gasteiger partial charge in [-0.15, -0.1) is 0 Å². The third kappa shape index (κ3) is 3.38. The van der Waals surface area contributed by atoms with Crippen molar-refractivity contribution in [3.05, 3.63) is 22.1 Å². The van der Waals surface area contributed by atoms with Gasteiger partial charge in [0.2, 0.25) is 5.95 Å². The largest absolute Gasteiger partial charge is 0.394 e. The first kappa shape index (κ1) is 21.1. The lowest BCUT2D eigenvalue weighted by molar-refractivity contribution is -0.115. The van der Waals surface area contributed by atoms with Crippen molar-refractivity contribution in [1.82, 2.24) is 19.9 Å². The summed E-state index contributed by atoms with van der Waals surface area (Å²) < 4.78 is 11.4. The Balaban J connectivity index is 1.66. The zero-order valence-corrected chi connectivity index (χ0v) is 16.0. The summed E-state index contributed by atoms with van der Waals surface area (Å²) in [6.45, 7) is -0.460. The van der Waals surface area contributed by atoms with Crippen LogP contribution in [0.25, 0.3) is 11.0 Å². The van der Waals surface area contributed by atoms with Gasteiger partial charge in [-0.25, -0.2) is 0 Å². The first-order valence-corrected chi connectivity index (χ1v) is 9.42. The molecule has 8 atom stereocenters. The molecule has 1 aliphatic heterocycles. The number of nitrogens with two attached hydrogens (primary N) is 1. The van der Waals surface area contributed by atoms with Gasteiger partial charge in [-0.05, 0) is 5.56 Å². The van der Waals surface area contributed by atoms with Gasteiger partial charge in [0.25, 0.3) is 5.56 Å². The maximum atomic E-state index is 12.5. The van der Waals surface area contributed by atoms with E-state index in [-0.39, 0.29) is 29.6 Å². The van der Waals surface area contributed by atoms with Crippen molar-refractivity contribution in [3.8, 4) is 0 Å². The number of aromatic nitrogens is 3. The van der Waals surface area contributed by atoms with Gasteiger partial charge in [-0.2, -0.15) is 4.98 Å². The molecule has 13 heteroatoms. The zero-order valence-electron chi connectivity index (χ0n) is 16.0. The maximum absolute atomic E-state index is 12.5. The van der Waals surface area contributed by atoms with Crippen molar-refractivity contribution in [2.75, 3.05) is 19.5 Å². The molecule has 0 radical (unpaired) electrons. The Bertz CT molecular complexity index is 975. The minimum absolute atomic E-state index is 0.0277. The van der Waals surface area contributed by atoms with Gasteiger partial charge < -0.3 is 50.6 Å². The number of fused-ring (bicyclic) bond motifs is 2. The van der Waals surface area contributed by atoms with E-state index in [2.05, 4.69) is 15.3 Å². The quantitative estimate of drug-likeness (QED) is 0.191. The lowest BCUT2D eigenvalue weighted by atomic mass is 10.1. The molecule has 2 aliphatic rings. The van der Waals surface area contributed by atoms with E-state index in [0.29, 0.717) is 5.56 Å². The van der Waals surface area contributed by atoms with Crippen molar-refractivity contribution in [1.29, 1.82) is 0 Å². The van der Waals surface area contributed by atoms with Crippen molar-refractivity contribution in [3.63, 3.8) is 0 Å². The number of nitrogens with zero attached hydrogens (tertiary/aromatic N) is 2. The Hall–Kier alpha value is -2.10. The molecular weight excluding hydrogens is 402 g/mol. The van der Waals surface area contributed by atoms with Crippen LogP contribution in [0, 0.1) is 0 Å². The fraction of sp³-hybridized carbons (Fsp3) is 0.647. The molecule has 2 fully saturated rings. The van der Waals surface area contributed by atoms with Gasteiger partial charge in [0.15, 0.2) is 11.9 Å². The first-order chi connectivity index (χ1) is 14.3. The first-order valence-electron chi connectivity index (χ1n) is 9.42. The second-order valence-corrected chi connectivity index (χ2v) is 7.53. The van der Waals surface area contributed by atoms with Crippen LogP contribution in [-0.4, -0.2) is 96.5 Å². The Morgan fingerprint density at radius 3 is 2.70 bits per heavy atom. The number of aliphatic hydroxyl groups is 5. The molecule has 0 bridgehead atoms. The number of aromatic amines is 1. The van der Waals surface area contributed by atoms with E-state index in [1.807, 2.05) is 0 Å². The summed E-state index contributed by atoms with van der Waals surface area (Å²) in [5, 5.41) is 53.5. The Labute approximate surface area is 169 Å². The summed E-state index contributed by atoms with van der Waals surface area (Å²) in [4.78, 5) is 19.0. The molecule has 1 saturated carbocycles. The SMILES string of the molecule is COC(CO)C(O)C(O)n1cc(CNC2C(O)C(O)C3OC23)c2c(=O)[nH]c(N)nc21. The summed E-state index contributed by atoms with van der Waals surface area (Å²) in [5.41, 5.74) is 5.53. The number of anilines is 1. The van der Waals surface area contributed by atoms with E-state index in [1.165, 1.54) is 17.9 Å². The zero-order chi connectivity index (χ0) is 21.7. The van der Waals surface area contributed by atoms with Gasteiger partial charge in [0.05, 0.1) is 18.0 Å². The lowest BCUT2D eigenvalue weighted by Crippen LogP contribution is -2.44. The van der Waals surface area contributed by atoms with E-state index >= 15 is 0 Å². The number of aliphatic hydroxyl groups excluding tert-OH is 5. The van der Waals surface area contributed by atoms with Gasteiger partial charge in [0, 0.05) is 19.9 Å². The van der Waals surface area contributed by atoms with Gasteiger partial charge in [-0.3, -0.25) is 9.78 Å². The van der Waals surface area contributed by atoms with Crippen molar-refractivity contribution < 1.29 is 35.0 Å². The van der Waals surface area contributed by atoms with E-state index in [1.54, 1.807) is 0 Å². The third-order valence-corrected chi connectivity index (χ3v) is 5.73. The number of hydrogen-bond donors (Lipinski definition) is 8. The van der Waals surface area contributed by atoms with E-state index in [0.717, 1.165) is 0 Å². The summed E-state index contributed by atoms with van der Waals surface area (Å²) >= 11 is 0. The van der Waals surface area contributed by atoms with Gasteiger partial charge in [0.1, 0.15) is 36.6 Å². The monoisotopic (exact) mass is 427 g/mol. The molecule has 0 amide bonds. The summed E-state index contributed by atoms with van der Waals surface area (Å²) in [6, 6.07) is -0.535. The highest BCUT2D eigenvalue weighted by Gasteiger charge is 2.61. The van der Waals surface area contributed by atoms with Crippen LogP contribution in [0.2, 0.25) is 0 Å². The standard InChI is InChI=1S/C17H25N5O8/c1-29-6(4-23)9(24)16(28)22-3-5(7-14(22)20-17(18)21-15(7)27)2-19-8-10(25)11(26)13-12(8)30-13/h3,6,8-13,16,19,23-26,28H,2,4H2,1H3,(H3,18,20,21,27). The number of nitrogens with one attached hydrogen (secondary N) is 2. The molecule has 4 rings (SSSR count). The Kier molecular flexibility index (Phi) is 5.54. The predicted molar refractivity (Wildman–Crippen MR) is 101 cm³/mol. The van der Waals surface area contributed by atoms with E-state index in [9.17, 15) is 30.3 Å². The number of hydrogen-bond acceptors (Lipinski definition) is 11. The summed E-state index contributed by atoms with van der Waals surface area (Å²) in [6.07, 6.45) is -5.51. The van der Waals surface area contributed by atoms with Crippen LogP contribution in [0.5, 0.6) is 0 Å². The second kappa shape index (κ2) is 7.86. The molecule has 3 heterocycles. The van der Waals surface area contributed by atoms with E-state index in [4.69, 9.17) is 15.2 Å². The molecule has 30 heavy (non-hydrogen) atoms. The molecule has 13 nitrogen and oxygen atoms in total. The number of ether oxygens (including phenoxy) is 2. The highest BCUT2D eigenvalue weighted by Crippen LogP contribution is 2.39. The van der Waals surface area contributed by atoms with Crippen molar-refractivity contribution >= 4 is 17.0 Å². The molecule has 9 N–H and O–H groups in total. The van der Waals surface area contributed by atoms with Crippen molar-refractivity contribution in [2.24, 2.45) is 0 Å². The Morgan fingerprint density at radius 1 is 1.37 bits per heavy atom. The maximum Gasteiger partial charge on any atom is 0.262 e. The van der Waals surface area contributed by atoms with Crippen LogP contribution in [0.3, 0.4) is 0 Å². The normalized spacial score (nSPS) is 30.9. The Morgan fingerprint density at radius 2 is 2.10 bits per heavy atom. The molecular formula is C17H25N5O8. The fourth-order valence-corrected chi connectivity index (χ4v) is 4.03. The van der Waals surface area contributed by atoms with Crippen LogP contribution >= 0.6 is 0 Å². The number of nitrogen functional groups attached to an aromatic ring is 1. The lowest BCUT2D eigenvalue weighted by Gasteiger charge is -2.25. The van der Waals surface area contributed by atoms with Crippen LogP contribution < -0.4 is 16.6 Å². The number of H-pyrrole nitrogens is 1. The average molecular weight is 427 g/mol. The molecule has 1 saturated heterocycles. The number of rotatable bonds is 8. The highest BCUT2D eigenvalue weighted by molar-refractivity contribution is 5.80. The molecule has 2 aromatic rings. The fourth-order valence-electron chi connectivity index (χ4n) is 4.03. The molecule has 1 aliphatic carbocycles. The summed E-state index contributed by atoms with van der Waals surface area (Å²) in [5.74, 6) is -0.179. The molecule has 2 aromatic heterocycles. The second-order valence-electron chi connectivity index (χ2n) is 7.53. The van der Waals surface area contributed by atoms with Crippen molar-refractivity contribution in [2.45, 2.75) is 55.4 Å². The average Bonchev–Trinajstić information content (AvgIpc) is 3.35. The van der Waals surface area contributed by atoms with Crippen LogP contribution in [0.4, 0.5) is 5.95 Å². The third-order valence-electron chi connectivity index (χ3n) is 5.73. The van der Waals surface area contributed by atoms with E-state index < -0.39 is 55.0 Å². The molecule has 0 spiro atoms. The predicted octanol–water partition coefficient (Wildman–Crippen LogP) is -3.87. The minimum Gasteiger partial charge on any atom is -0.394 e. The number of methoxy groups -OCH3 is 1. The summed E-state index contributed by atoms with van der Waals surface area (Å²) in [7, 11) is 1.27. The number of epoxide rings is 1. The van der Waals surface area contributed by atoms with Crippen LogP contribution in [-0.2, 0) is 16.0 Å². The highest BCUT2D eigenvalue weighted by atomic mass is 16.6. The van der Waals surface area contributed by atoms with Crippen LogP contribution in [0.15, 0.2) is 11.0 Å². The van der Waals surface area contributed by atoms with Crippen LogP contribution in [0.1, 0.15) is 11.8 Å². The topological polar surface area (TPSA) is 212 Å². The smallest absolute Gasteiger partial charge is 0.262 e. The molecule has 0 aromatic carbocycles. The minimum atomic E-state index is -1.60. The molecule has 8 unspecified atom stereocenters. The van der Waals surface area contributed by atoms with Gasteiger partial charge >= 0.3 is 0 Å².